The molecule has 12 heteroatoms. The Labute approximate surface area is 242 Å². The number of ether oxygens (including phenoxy) is 3. The number of benzene rings is 1. The smallest absolute Gasteiger partial charge is 0.410 e. The molecule has 2 rings (SSSR count). The molecule has 0 aromatic heterocycles. The van der Waals surface area contributed by atoms with Gasteiger partial charge in [-0.1, -0.05) is 30.3 Å². The second-order valence-electron chi connectivity index (χ2n) is 12.1. The number of unbranched alkanes of at least 4 members (excludes halogenated alkanes) is 1. The zero-order valence-electron chi connectivity index (χ0n) is 25.0. The molecule has 1 aromatic carbocycles. The summed E-state index contributed by atoms with van der Waals surface area (Å²) in [6.07, 6.45) is -0.848. The number of carbonyl (C=O) groups excluding carboxylic acids is 4. The minimum atomic E-state index is -0.909. The van der Waals surface area contributed by atoms with Crippen molar-refractivity contribution in [1.29, 1.82) is 0 Å². The average molecular weight is 579 g/mol. The molecule has 41 heavy (non-hydrogen) atoms. The number of aliphatic hydroxyl groups excluding tert-OH is 1. The van der Waals surface area contributed by atoms with Gasteiger partial charge in [0, 0.05) is 25.6 Å². The zero-order valence-corrected chi connectivity index (χ0v) is 25.0. The maximum Gasteiger partial charge on any atom is 0.410 e. The largest absolute Gasteiger partial charge is 0.445 e. The Morgan fingerprint density at radius 3 is 2.22 bits per heavy atom. The lowest BCUT2D eigenvalue weighted by atomic mass is 10.1. The molecule has 0 unspecified atom stereocenters. The van der Waals surface area contributed by atoms with Crippen LogP contribution in [0.1, 0.15) is 72.8 Å². The molecule has 0 spiro atoms. The van der Waals surface area contributed by atoms with Gasteiger partial charge in [0.2, 0.25) is 5.91 Å². The highest BCUT2D eigenvalue weighted by molar-refractivity contribution is 5.86. The molecule has 230 valence electrons. The Morgan fingerprint density at radius 1 is 0.951 bits per heavy atom. The van der Waals surface area contributed by atoms with Gasteiger partial charge in [-0.25, -0.2) is 14.4 Å². The van der Waals surface area contributed by atoms with Gasteiger partial charge >= 0.3 is 18.3 Å². The molecule has 12 nitrogen and oxygen atoms in total. The second-order valence-corrected chi connectivity index (χ2v) is 12.1. The Hall–Kier alpha value is -3.54. The van der Waals surface area contributed by atoms with Crippen molar-refractivity contribution < 1.29 is 38.5 Å². The molecule has 1 heterocycles. The van der Waals surface area contributed by atoms with Crippen molar-refractivity contribution in [2.24, 2.45) is 0 Å². The van der Waals surface area contributed by atoms with E-state index in [4.69, 9.17) is 14.2 Å². The lowest BCUT2D eigenvalue weighted by Gasteiger charge is -2.26. The van der Waals surface area contributed by atoms with Gasteiger partial charge in [0.15, 0.2) is 0 Å². The summed E-state index contributed by atoms with van der Waals surface area (Å²) >= 11 is 0. The lowest BCUT2D eigenvalue weighted by molar-refractivity contribution is -0.125. The van der Waals surface area contributed by atoms with Crippen molar-refractivity contribution in [2.45, 2.75) is 103 Å². The van der Waals surface area contributed by atoms with Gasteiger partial charge in [0.05, 0.1) is 12.6 Å². The van der Waals surface area contributed by atoms with E-state index < -0.39 is 53.6 Å². The predicted octanol–water partition coefficient (Wildman–Crippen LogP) is 3.46. The topological polar surface area (TPSA) is 156 Å². The van der Waals surface area contributed by atoms with E-state index in [1.165, 1.54) is 4.90 Å². The van der Waals surface area contributed by atoms with E-state index in [2.05, 4.69) is 16.0 Å². The third-order valence-corrected chi connectivity index (χ3v) is 5.91. The molecule has 3 atom stereocenters. The molecule has 0 aliphatic carbocycles. The first-order chi connectivity index (χ1) is 19.1. The number of nitrogens with zero attached hydrogens (tertiary/aromatic N) is 1. The van der Waals surface area contributed by atoms with Gasteiger partial charge in [-0.2, -0.15) is 0 Å². The molecule has 1 fully saturated rings. The van der Waals surface area contributed by atoms with Crippen LogP contribution in [0.2, 0.25) is 0 Å². The molecular weight excluding hydrogens is 532 g/mol. The van der Waals surface area contributed by atoms with Gasteiger partial charge in [0.1, 0.15) is 23.9 Å². The zero-order chi connectivity index (χ0) is 30.6. The fourth-order valence-corrected chi connectivity index (χ4v) is 4.13. The van der Waals surface area contributed by atoms with Crippen LogP contribution in [0.4, 0.5) is 14.4 Å². The number of hydrogen-bond donors (Lipinski definition) is 4. The van der Waals surface area contributed by atoms with E-state index >= 15 is 0 Å². The second kappa shape index (κ2) is 15.5. The first kappa shape index (κ1) is 33.7. The van der Waals surface area contributed by atoms with Gasteiger partial charge in [-0.05, 0) is 66.4 Å². The highest BCUT2D eigenvalue weighted by Gasteiger charge is 2.40. The predicted molar refractivity (Wildman–Crippen MR) is 152 cm³/mol. The fraction of sp³-hybridized carbons (Fsp3) is 0.655. The Morgan fingerprint density at radius 2 is 1.59 bits per heavy atom. The standard InChI is InChI=1S/C29H46N4O8/c1-28(2,3)40-25(36)30-15-11-10-14-21(32-26(37)41-29(4,5)6)17-31-24(35)23-16-22(34)18-33(23)27(38)39-19-20-12-8-7-9-13-20/h7-9,12-13,21-23,34H,10-11,14-19H2,1-6H3,(H,30,36)(H,31,35)(H,32,37)/t21-,22+,23-/m0/s1. The minimum Gasteiger partial charge on any atom is -0.445 e. The van der Waals surface area contributed by atoms with Crippen LogP contribution in [0.5, 0.6) is 0 Å². The van der Waals surface area contributed by atoms with Gasteiger partial charge in [0.25, 0.3) is 0 Å². The van der Waals surface area contributed by atoms with Crippen LogP contribution < -0.4 is 16.0 Å². The van der Waals surface area contributed by atoms with E-state index in [9.17, 15) is 24.3 Å². The summed E-state index contributed by atoms with van der Waals surface area (Å²) in [6.45, 7) is 11.1. The third kappa shape index (κ3) is 13.6. The van der Waals surface area contributed by atoms with Crippen molar-refractivity contribution >= 4 is 24.2 Å². The monoisotopic (exact) mass is 578 g/mol. The number of alkyl carbamates (subject to hydrolysis) is 2. The van der Waals surface area contributed by atoms with Crippen LogP contribution in [0.15, 0.2) is 30.3 Å². The highest BCUT2D eigenvalue weighted by atomic mass is 16.6. The minimum absolute atomic E-state index is 0.0179. The quantitative estimate of drug-likeness (QED) is 0.230. The van der Waals surface area contributed by atoms with Gasteiger partial charge < -0.3 is 35.3 Å². The summed E-state index contributed by atoms with van der Waals surface area (Å²) in [5, 5.41) is 18.5. The van der Waals surface area contributed by atoms with Crippen LogP contribution in [-0.4, -0.2) is 83.2 Å². The lowest BCUT2D eigenvalue weighted by Crippen LogP contribution is -2.50. The molecule has 0 bridgehead atoms. The Balaban J connectivity index is 1.91. The molecular formula is C29H46N4O8. The van der Waals surface area contributed by atoms with E-state index in [-0.39, 0.29) is 26.1 Å². The molecule has 1 saturated heterocycles. The normalized spacial score (nSPS) is 17.8. The van der Waals surface area contributed by atoms with Crippen molar-refractivity contribution in [3.63, 3.8) is 0 Å². The maximum absolute atomic E-state index is 13.1. The Kier molecular flexibility index (Phi) is 12.7. The summed E-state index contributed by atoms with van der Waals surface area (Å²) in [6, 6.07) is 7.78. The van der Waals surface area contributed by atoms with Crippen LogP contribution in [0.3, 0.4) is 0 Å². The van der Waals surface area contributed by atoms with Gasteiger partial charge in [-0.3, -0.25) is 9.69 Å². The van der Waals surface area contributed by atoms with E-state index in [1.807, 2.05) is 30.3 Å². The number of rotatable bonds is 11. The van der Waals surface area contributed by atoms with E-state index in [0.29, 0.717) is 25.8 Å². The molecule has 1 aromatic rings. The molecule has 0 radical (unpaired) electrons. The third-order valence-electron chi connectivity index (χ3n) is 5.91. The van der Waals surface area contributed by atoms with Crippen LogP contribution in [0.25, 0.3) is 0 Å². The van der Waals surface area contributed by atoms with Crippen LogP contribution in [-0.2, 0) is 25.6 Å². The number of aliphatic hydroxyl groups is 1. The number of likely N-dealkylation sites (tertiary alicyclic amines) is 1. The summed E-state index contributed by atoms with van der Waals surface area (Å²) in [5.74, 6) is -0.458. The number of hydrogen-bond acceptors (Lipinski definition) is 8. The van der Waals surface area contributed by atoms with Crippen molar-refractivity contribution in [1.82, 2.24) is 20.9 Å². The molecule has 1 aliphatic heterocycles. The number of amides is 4. The molecule has 4 N–H and O–H groups in total. The SMILES string of the molecule is CC(C)(C)OC(=O)NCCCC[C@@H](CNC(=O)[C@@H]1C[C@@H](O)CN1C(=O)OCc1ccccc1)NC(=O)OC(C)(C)C. The van der Waals surface area contributed by atoms with E-state index in [1.54, 1.807) is 41.5 Å². The summed E-state index contributed by atoms with van der Waals surface area (Å²) in [5.41, 5.74) is -0.483. The number of carbonyl (C=O) groups is 4. The van der Waals surface area contributed by atoms with Gasteiger partial charge in [-0.15, -0.1) is 0 Å². The summed E-state index contributed by atoms with van der Waals surface area (Å²) in [7, 11) is 0. The first-order valence-corrected chi connectivity index (χ1v) is 14.0. The highest BCUT2D eigenvalue weighted by Crippen LogP contribution is 2.20. The first-order valence-electron chi connectivity index (χ1n) is 14.0. The molecule has 1 aliphatic rings. The van der Waals surface area contributed by atoms with Crippen LogP contribution >= 0.6 is 0 Å². The van der Waals surface area contributed by atoms with E-state index in [0.717, 1.165) is 5.56 Å². The average Bonchev–Trinajstić information content (AvgIpc) is 3.25. The maximum atomic E-state index is 13.1. The summed E-state index contributed by atoms with van der Waals surface area (Å²) in [4.78, 5) is 51.3. The summed E-state index contributed by atoms with van der Waals surface area (Å²) < 4.78 is 16.0. The van der Waals surface area contributed by atoms with Crippen molar-refractivity contribution in [3.8, 4) is 0 Å². The Bertz CT molecular complexity index is 1010. The number of nitrogens with one attached hydrogen (secondary N) is 3. The number of β-amino-alcohol motifs (C(OH)–C–C–N with tert-alkyl or cyclic N) is 1. The molecule has 0 saturated carbocycles. The fourth-order valence-electron chi connectivity index (χ4n) is 4.13. The van der Waals surface area contributed by atoms with Crippen molar-refractivity contribution in [3.05, 3.63) is 35.9 Å². The van der Waals surface area contributed by atoms with Crippen molar-refractivity contribution in [2.75, 3.05) is 19.6 Å². The molecule has 4 amide bonds. The van der Waals surface area contributed by atoms with Crippen LogP contribution in [0, 0.1) is 0 Å².